The van der Waals surface area contributed by atoms with E-state index in [1.54, 1.807) is 6.33 Å². The molecule has 1 aliphatic carbocycles. The number of nitrogens with zero attached hydrogens (tertiary/aromatic N) is 3. The summed E-state index contributed by atoms with van der Waals surface area (Å²) in [5.41, 5.74) is 8.18. The quantitative estimate of drug-likeness (QED) is 0.855. The fraction of sp³-hybridized carbons (Fsp3) is 0.750. The molecule has 2 aliphatic rings. The van der Waals surface area contributed by atoms with Gasteiger partial charge in [-0.25, -0.2) is 9.97 Å². The first-order chi connectivity index (χ1) is 10.4. The van der Waals surface area contributed by atoms with Gasteiger partial charge in [-0.2, -0.15) is 0 Å². The molecule has 2 N–H and O–H groups in total. The molecular weight excluding hydrogens is 264 g/mol. The number of aromatic nitrogens is 2. The lowest BCUT2D eigenvalue weighted by Gasteiger charge is -2.34. The van der Waals surface area contributed by atoms with E-state index in [-0.39, 0.29) is 0 Å². The average Bonchev–Trinajstić information content (AvgIpc) is 2.78. The first-order valence-corrected chi connectivity index (χ1v) is 8.28. The summed E-state index contributed by atoms with van der Waals surface area (Å²) in [6.07, 6.45) is 10.3. The molecule has 0 amide bonds. The number of piperidine rings is 1. The van der Waals surface area contributed by atoms with Gasteiger partial charge in [0.15, 0.2) is 0 Å². The molecule has 0 atom stereocenters. The van der Waals surface area contributed by atoms with Crippen molar-refractivity contribution < 1.29 is 4.74 Å². The highest BCUT2D eigenvalue weighted by Gasteiger charge is 2.24. The van der Waals surface area contributed by atoms with Crippen LogP contribution < -0.4 is 10.6 Å². The van der Waals surface area contributed by atoms with Gasteiger partial charge in [0.05, 0.1) is 12.7 Å². The maximum absolute atomic E-state index is 5.76. The van der Waals surface area contributed by atoms with Gasteiger partial charge in [0.2, 0.25) is 0 Å². The smallest absolute Gasteiger partial charge is 0.135 e. The van der Waals surface area contributed by atoms with Crippen LogP contribution in [0.4, 0.5) is 5.82 Å². The predicted octanol–water partition coefficient (Wildman–Crippen LogP) is 1.69. The molecule has 21 heavy (non-hydrogen) atoms. The molecule has 1 aliphatic heterocycles. The Morgan fingerprint density at radius 3 is 2.76 bits per heavy atom. The van der Waals surface area contributed by atoms with Crippen LogP contribution in [0, 0.1) is 0 Å². The molecule has 5 nitrogen and oxygen atoms in total. The first kappa shape index (κ1) is 14.7. The summed E-state index contributed by atoms with van der Waals surface area (Å²) in [6, 6.07) is 0. The summed E-state index contributed by atoms with van der Waals surface area (Å²) in [5, 5.41) is 0. The average molecular weight is 290 g/mol. The Morgan fingerprint density at radius 1 is 1.14 bits per heavy atom. The minimum atomic E-state index is 0.366. The van der Waals surface area contributed by atoms with Gasteiger partial charge in [0.1, 0.15) is 12.1 Å². The van der Waals surface area contributed by atoms with Crippen LogP contribution in [0.15, 0.2) is 6.33 Å². The Bertz CT molecular complexity index is 458. The molecule has 1 aromatic rings. The van der Waals surface area contributed by atoms with E-state index in [1.165, 1.54) is 36.3 Å². The zero-order chi connectivity index (χ0) is 14.5. The minimum absolute atomic E-state index is 0.366. The van der Waals surface area contributed by atoms with Crippen molar-refractivity contribution in [2.45, 2.75) is 51.0 Å². The highest BCUT2D eigenvalue weighted by atomic mass is 16.5. The van der Waals surface area contributed by atoms with Crippen LogP contribution in [-0.2, 0) is 17.6 Å². The molecule has 0 radical (unpaired) electrons. The molecule has 0 aromatic carbocycles. The van der Waals surface area contributed by atoms with Crippen molar-refractivity contribution in [3.05, 3.63) is 17.6 Å². The molecule has 0 spiro atoms. The Labute approximate surface area is 126 Å². The molecule has 1 aromatic heterocycles. The van der Waals surface area contributed by atoms with Gasteiger partial charge < -0.3 is 15.4 Å². The number of aryl methyl sites for hydroxylation is 1. The second kappa shape index (κ2) is 7.18. The zero-order valence-electron chi connectivity index (χ0n) is 12.8. The van der Waals surface area contributed by atoms with Crippen LogP contribution in [-0.4, -0.2) is 42.3 Å². The molecule has 116 valence electrons. The number of hydrogen-bond acceptors (Lipinski definition) is 5. The van der Waals surface area contributed by atoms with Gasteiger partial charge in [-0.05, 0) is 38.5 Å². The largest absolute Gasteiger partial charge is 0.377 e. The van der Waals surface area contributed by atoms with Crippen LogP contribution in [0.1, 0.15) is 43.4 Å². The zero-order valence-corrected chi connectivity index (χ0v) is 12.8. The fourth-order valence-electron chi connectivity index (χ4n) is 3.42. The van der Waals surface area contributed by atoms with Crippen LogP contribution in [0.3, 0.4) is 0 Å². The van der Waals surface area contributed by atoms with E-state index >= 15 is 0 Å². The van der Waals surface area contributed by atoms with Crippen molar-refractivity contribution in [1.82, 2.24) is 9.97 Å². The van der Waals surface area contributed by atoms with Crippen molar-refractivity contribution in [3.8, 4) is 0 Å². The molecule has 3 rings (SSSR count). The van der Waals surface area contributed by atoms with Gasteiger partial charge in [-0.1, -0.05) is 6.42 Å². The normalized spacial score (nSPS) is 20.1. The number of nitrogens with two attached hydrogens (primary N) is 1. The third-order valence-corrected chi connectivity index (χ3v) is 4.57. The van der Waals surface area contributed by atoms with E-state index in [4.69, 9.17) is 10.5 Å². The van der Waals surface area contributed by atoms with Crippen molar-refractivity contribution in [3.63, 3.8) is 0 Å². The summed E-state index contributed by atoms with van der Waals surface area (Å²) in [7, 11) is 0. The summed E-state index contributed by atoms with van der Waals surface area (Å²) in [4.78, 5) is 11.5. The summed E-state index contributed by atoms with van der Waals surface area (Å²) >= 11 is 0. The van der Waals surface area contributed by atoms with Gasteiger partial charge in [-0.15, -0.1) is 0 Å². The molecule has 1 saturated heterocycles. The van der Waals surface area contributed by atoms with Gasteiger partial charge in [0.25, 0.3) is 0 Å². The van der Waals surface area contributed by atoms with Crippen LogP contribution in [0.2, 0.25) is 0 Å². The van der Waals surface area contributed by atoms with Crippen molar-refractivity contribution in [1.29, 1.82) is 0 Å². The van der Waals surface area contributed by atoms with E-state index in [1.807, 2.05) is 0 Å². The third kappa shape index (κ3) is 3.52. The highest BCUT2D eigenvalue weighted by Crippen LogP contribution is 2.28. The van der Waals surface area contributed by atoms with Gasteiger partial charge >= 0.3 is 0 Å². The third-order valence-electron chi connectivity index (χ3n) is 4.57. The number of fused-ring (bicyclic) bond motifs is 1. The standard InChI is InChI=1S/C16H26N4O/c17-8-11-21-13-6-9-20(10-7-13)16-14-4-2-1-3-5-15(14)18-12-19-16/h12-13H,1-11,17H2. The molecular formula is C16H26N4O. The summed E-state index contributed by atoms with van der Waals surface area (Å²) in [5.74, 6) is 1.18. The monoisotopic (exact) mass is 290 g/mol. The number of rotatable bonds is 4. The fourth-order valence-corrected chi connectivity index (χ4v) is 3.42. The Balaban J connectivity index is 1.68. The lowest BCUT2D eigenvalue weighted by Crippen LogP contribution is -2.38. The van der Waals surface area contributed by atoms with E-state index < -0.39 is 0 Å². The van der Waals surface area contributed by atoms with E-state index in [0.29, 0.717) is 19.3 Å². The minimum Gasteiger partial charge on any atom is -0.377 e. The molecule has 5 heteroatoms. The topological polar surface area (TPSA) is 64.3 Å². The van der Waals surface area contributed by atoms with Crippen molar-refractivity contribution in [2.75, 3.05) is 31.1 Å². The Kier molecular flexibility index (Phi) is 5.04. The van der Waals surface area contributed by atoms with E-state index in [0.717, 1.165) is 38.8 Å². The molecule has 0 bridgehead atoms. The van der Waals surface area contributed by atoms with E-state index in [2.05, 4.69) is 14.9 Å². The lowest BCUT2D eigenvalue weighted by atomic mass is 10.0. The SMILES string of the molecule is NCCOC1CCN(c2ncnc3c2CCCCC3)CC1. The first-order valence-electron chi connectivity index (χ1n) is 8.28. The lowest BCUT2D eigenvalue weighted by molar-refractivity contribution is 0.0421. The predicted molar refractivity (Wildman–Crippen MR) is 83.5 cm³/mol. The summed E-state index contributed by atoms with van der Waals surface area (Å²) < 4.78 is 5.76. The second-order valence-electron chi connectivity index (χ2n) is 6.03. The van der Waals surface area contributed by atoms with Crippen molar-refractivity contribution >= 4 is 5.82 Å². The molecule has 1 fully saturated rings. The van der Waals surface area contributed by atoms with Crippen LogP contribution in [0.5, 0.6) is 0 Å². The number of anilines is 1. The van der Waals surface area contributed by atoms with Crippen molar-refractivity contribution in [2.24, 2.45) is 5.73 Å². The van der Waals surface area contributed by atoms with Gasteiger partial charge in [0, 0.05) is 30.9 Å². The number of hydrogen-bond donors (Lipinski definition) is 1. The maximum Gasteiger partial charge on any atom is 0.135 e. The second-order valence-corrected chi connectivity index (χ2v) is 6.03. The maximum atomic E-state index is 5.76. The van der Waals surface area contributed by atoms with Crippen LogP contribution in [0.25, 0.3) is 0 Å². The molecule has 0 saturated carbocycles. The highest BCUT2D eigenvalue weighted by molar-refractivity contribution is 5.49. The number of ether oxygens (including phenoxy) is 1. The summed E-state index contributed by atoms with van der Waals surface area (Å²) in [6.45, 7) is 3.34. The molecule has 0 unspecified atom stereocenters. The Hall–Kier alpha value is -1.20. The molecule has 2 heterocycles. The van der Waals surface area contributed by atoms with Crippen LogP contribution >= 0.6 is 0 Å². The van der Waals surface area contributed by atoms with E-state index in [9.17, 15) is 0 Å². The Morgan fingerprint density at radius 2 is 1.95 bits per heavy atom. The van der Waals surface area contributed by atoms with Gasteiger partial charge in [-0.3, -0.25) is 0 Å².